The average molecular weight is 428 g/mol. The lowest BCUT2D eigenvalue weighted by molar-refractivity contribution is 0.593. The van der Waals surface area contributed by atoms with E-state index in [9.17, 15) is 4.79 Å². The van der Waals surface area contributed by atoms with Crippen molar-refractivity contribution in [1.29, 1.82) is 0 Å². The first kappa shape index (κ1) is 17.7. The van der Waals surface area contributed by atoms with Crippen molar-refractivity contribution in [3.63, 3.8) is 0 Å². The van der Waals surface area contributed by atoms with Crippen LogP contribution in [0.4, 0.5) is 0 Å². The van der Waals surface area contributed by atoms with Crippen LogP contribution in [0.15, 0.2) is 81.7 Å². The first-order valence-corrected chi connectivity index (χ1v) is 11.6. The van der Waals surface area contributed by atoms with Gasteiger partial charge < -0.3 is 0 Å². The highest BCUT2D eigenvalue weighted by molar-refractivity contribution is 7.10. The fourth-order valence-electron chi connectivity index (χ4n) is 4.33. The lowest BCUT2D eigenvalue weighted by Gasteiger charge is -2.30. The number of hydrogen-bond donors (Lipinski definition) is 0. The van der Waals surface area contributed by atoms with E-state index in [1.807, 2.05) is 22.8 Å². The fraction of sp³-hybridized carbons (Fsp3) is 0.125. The molecule has 4 nitrogen and oxygen atoms in total. The molecule has 0 saturated carbocycles. The van der Waals surface area contributed by atoms with Gasteiger partial charge in [-0.15, -0.1) is 11.3 Å². The predicted octanol–water partition coefficient (Wildman–Crippen LogP) is 3.78. The molecule has 0 spiro atoms. The van der Waals surface area contributed by atoms with E-state index in [2.05, 4.69) is 46.8 Å². The summed E-state index contributed by atoms with van der Waals surface area (Å²) in [6, 6.07) is 16.5. The van der Waals surface area contributed by atoms with Crippen LogP contribution < -0.4 is 14.9 Å². The molecule has 0 bridgehead atoms. The number of allylic oxidation sites excluding steroid dienone is 1. The number of fused-ring (bicyclic) bond motifs is 3. The normalized spacial score (nSPS) is 17.9. The SMILES string of the molecule is O=c1/c(=C\c2cccnc2)sc2n1[C@@H](c1cccs1)C1=C(N=2)c2ccccc2CC1. The van der Waals surface area contributed by atoms with Crippen LogP contribution in [0.1, 0.15) is 34.0 Å². The summed E-state index contributed by atoms with van der Waals surface area (Å²) in [4.78, 5) is 24.6. The number of hydrogen-bond acceptors (Lipinski definition) is 5. The molecule has 0 saturated heterocycles. The van der Waals surface area contributed by atoms with Gasteiger partial charge in [-0.25, -0.2) is 4.99 Å². The Morgan fingerprint density at radius 2 is 2.00 bits per heavy atom. The zero-order valence-corrected chi connectivity index (χ0v) is 17.6. The lowest BCUT2D eigenvalue weighted by Crippen LogP contribution is -2.38. The first-order chi connectivity index (χ1) is 14.8. The van der Waals surface area contributed by atoms with Gasteiger partial charge in [0.2, 0.25) is 0 Å². The number of thiazole rings is 1. The molecular formula is C24H17N3OS2. The molecule has 30 heavy (non-hydrogen) atoms. The van der Waals surface area contributed by atoms with Crippen LogP contribution in [0.3, 0.4) is 0 Å². The second-order valence-corrected chi connectivity index (χ2v) is 9.40. The number of aryl methyl sites for hydroxylation is 1. The summed E-state index contributed by atoms with van der Waals surface area (Å²) >= 11 is 3.16. The third-order valence-electron chi connectivity index (χ3n) is 5.67. The van der Waals surface area contributed by atoms with Crippen LogP contribution in [0.25, 0.3) is 11.8 Å². The maximum Gasteiger partial charge on any atom is 0.271 e. The Labute approximate surface area is 180 Å². The molecule has 6 rings (SSSR count). The Morgan fingerprint density at radius 1 is 1.07 bits per heavy atom. The van der Waals surface area contributed by atoms with Gasteiger partial charge in [0, 0.05) is 22.8 Å². The largest absolute Gasteiger partial charge is 0.271 e. The third-order valence-corrected chi connectivity index (χ3v) is 7.58. The molecule has 0 unspecified atom stereocenters. The van der Waals surface area contributed by atoms with Crippen LogP contribution in [-0.2, 0) is 6.42 Å². The molecule has 1 aliphatic carbocycles. The van der Waals surface area contributed by atoms with E-state index in [0.29, 0.717) is 4.53 Å². The zero-order chi connectivity index (χ0) is 20.1. The van der Waals surface area contributed by atoms with E-state index < -0.39 is 0 Å². The molecule has 1 atom stereocenters. The highest BCUT2D eigenvalue weighted by Gasteiger charge is 2.32. The molecule has 0 radical (unpaired) electrons. The summed E-state index contributed by atoms with van der Waals surface area (Å²) in [5.74, 6) is 0. The maximum atomic E-state index is 13.5. The van der Waals surface area contributed by atoms with Crippen molar-refractivity contribution in [3.8, 4) is 0 Å². The van der Waals surface area contributed by atoms with Gasteiger partial charge in [-0.05, 0) is 53.1 Å². The highest BCUT2D eigenvalue weighted by atomic mass is 32.1. The molecule has 1 aromatic carbocycles. The Balaban J connectivity index is 1.64. The van der Waals surface area contributed by atoms with Crippen molar-refractivity contribution in [2.75, 3.05) is 0 Å². The van der Waals surface area contributed by atoms with E-state index in [0.717, 1.165) is 28.9 Å². The van der Waals surface area contributed by atoms with E-state index in [1.165, 1.54) is 32.9 Å². The van der Waals surface area contributed by atoms with Gasteiger partial charge in [-0.1, -0.05) is 47.7 Å². The molecule has 6 heteroatoms. The molecule has 4 aromatic rings. The van der Waals surface area contributed by atoms with Gasteiger partial charge in [0.1, 0.15) is 0 Å². The van der Waals surface area contributed by atoms with Gasteiger partial charge in [0.15, 0.2) is 4.80 Å². The van der Waals surface area contributed by atoms with Crippen LogP contribution >= 0.6 is 22.7 Å². The van der Waals surface area contributed by atoms with Gasteiger partial charge >= 0.3 is 0 Å². The molecule has 146 valence electrons. The van der Waals surface area contributed by atoms with E-state index in [1.54, 1.807) is 23.7 Å². The van der Waals surface area contributed by atoms with Gasteiger partial charge in [-0.2, -0.15) is 0 Å². The Kier molecular flexibility index (Phi) is 4.14. The molecule has 0 N–H and O–H groups in total. The summed E-state index contributed by atoms with van der Waals surface area (Å²) in [5, 5.41) is 2.08. The number of pyridine rings is 1. The monoisotopic (exact) mass is 427 g/mol. The van der Waals surface area contributed by atoms with E-state index in [4.69, 9.17) is 4.99 Å². The van der Waals surface area contributed by atoms with Crippen molar-refractivity contribution >= 4 is 34.4 Å². The first-order valence-electron chi connectivity index (χ1n) is 9.86. The van der Waals surface area contributed by atoms with Crippen molar-refractivity contribution in [1.82, 2.24) is 9.55 Å². The van der Waals surface area contributed by atoms with E-state index >= 15 is 0 Å². The summed E-state index contributed by atoms with van der Waals surface area (Å²) in [6.45, 7) is 0. The van der Waals surface area contributed by atoms with Gasteiger partial charge in [0.25, 0.3) is 5.56 Å². The molecule has 4 heterocycles. The van der Waals surface area contributed by atoms with Crippen molar-refractivity contribution < 1.29 is 0 Å². The molecule has 0 amide bonds. The topological polar surface area (TPSA) is 47.2 Å². The van der Waals surface area contributed by atoms with Crippen LogP contribution in [0.2, 0.25) is 0 Å². The highest BCUT2D eigenvalue weighted by Crippen LogP contribution is 2.42. The van der Waals surface area contributed by atoms with Crippen LogP contribution in [0, 0.1) is 0 Å². The number of nitrogens with zero attached hydrogens (tertiary/aromatic N) is 3. The van der Waals surface area contributed by atoms with Crippen molar-refractivity contribution in [3.05, 3.63) is 113 Å². The molecule has 1 aliphatic heterocycles. The maximum absolute atomic E-state index is 13.5. The van der Waals surface area contributed by atoms with Gasteiger partial charge in [0.05, 0.1) is 16.3 Å². The summed E-state index contributed by atoms with van der Waals surface area (Å²) in [5.41, 5.74) is 5.77. The minimum absolute atomic E-state index is 0.0198. The predicted molar refractivity (Wildman–Crippen MR) is 121 cm³/mol. The Bertz CT molecular complexity index is 1460. The minimum atomic E-state index is -0.0827. The summed E-state index contributed by atoms with van der Waals surface area (Å²) < 4.78 is 2.59. The number of thiophene rings is 1. The molecule has 2 aliphatic rings. The molecule has 0 fully saturated rings. The number of benzene rings is 1. The number of rotatable bonds is 2. The van der Waals surface area contributed by atoms with E-state index in [-0.39, 0.29) is 11.6 Å². The quantitative estimate of drug-likeness (QED) is 0.489. The van der Waals surface area contributed by atoms with Gasteiger partial charge in [-0.3, -0.25) is 14.3 Å². The van der Waals surface area contributed by atoms with Crippen LogP contribution in [-0.4, -0.2) is 9.55 Å². The summed E-state index contributed by atoms with van der Waals surface area (Å²) in [6.07, 6.45) is 7.33. The average Bonchev–Trinajstić information content (AvgIpc) is 3.42. The number of aromatic nitrogens is 2. The summed E-state index contributed by atoms with van der Waals surface area (Å²) in [7, 11) is 0. The third kappa shape index (κ3) is 2.75. The Hall–Kier alpha value is -3.09. The second kappa shape index (κ2) is 7.00. The fourth-order valence-corrected chi connectivity index (χ4v) is 6.18. The van der Waals surface area contributed by atoms with Crippen molar-refractivity contribution in [2.45, 2.75) is 18.9 Å². The second-order valence-electron chi connectivity index (χ2n) is 7.42. The standard InChI is InChI=1S/C24H17N3OS2/c28-23-20(13-15-5-3-11-25-14-15)30-24-26-21-17-7-2-1-6-16(17)9-10-18(21)22(27(23)24)19-8-4-12-29-19/h1-8,11-14,22H,9-10H2/b20-13+/t22-/m1/s1. The zero-order valence-electron chi connectivity index (χ0n) is 16.0. The minimum Gasteiger partial charge on any atom is -0.271 e. The van der Waals surface area contributed by atoms with Crippen LogP contribution in [0.5, 0.6) is 0 Å². The van der Waals surface area contributed by atoms with Crippen molar-refractivity contribution in [2.24, 2.45) is 4.99 Å². The Morgan fingerprint density at radius 3 is 2.83 bits per heavy atom. The smallest absolute Gasteiger partial charge is 0.271 e. The molecular weight excluding hydrogens is 410 g/mol. The lowest BCUT2D eigenvalue weighted by atomic mass is 9.85. The molecule has 3 aromatic heterocycles.